The van der Waals surface area contributed by atoms with Crippen molar-refractivity contribution in [2.75, 3.05) is 6.61 Å². The number of hydrogen-bond acceptors (Lipinski definition) is 3. The Hall–Kier alpha value is 0.1000. The Bertz CT molecular complexity index is 311. The molecule has 1 heterocycles. The topological polar surface area (TPSA) is 35.2 Å². The highest BCUT2D eigenvalue weighted by Crippen LogP contribution is 2.25. The molecule has 0 bridgehead atoms. The Kier molecular flexibility index (Phi) is 4.77. The number of halogens is 1. The van der Waals surface area contributed by atoms with E-state index in [0.717, 1.165) is 10.2 Å². The standard InChI is InChI=1S/C11H18BrNOS/c1-4-14-11(2,3)9(13)7-8-5-6-10(12)15-8/h5-6,9H,4,7,13H2,1-3H3. The molecule has 1 atom stereocenters. The molecule has 15 heavy (non-hydrogen) atoms. The van der Waals surface area contributed by atoms with Crippen LogP contribution in [0.1, 0.15) is 25.6 Å². The quantitative estimate of drug-likeness (QED) is 0.904. The molecule has 0 saturated carbocycles. The molecule has 2 nitrogen and oxygen atoms in total. The molecule has 1 unspecified atom stereocenters. The minimum atomic E-state index is -0.259. The second kappa shape index (κ2) is 5.43. The lowest BCUT2D eigenvalue weighted by Crippen LogP contribution is -2.46. The van der Waals surface area contributed by atoms with Gasteiger partial charge in [0.25, 0.3) is 0 Å². The van der Waals surface area contributed by atoms with Crippen LogP contribution in [0, 0.1) is 0 Å². The van der Waals surface area contributed by atoms with Gasteiger partial charge in [-0.1, -0.05) is 0 Å². The van der Waals surface area contributed by atoms with E-state index in [-0.39, 0.29) is 11.6 Å². The van der Waals surface area contributed by atoms with Crippen molar-refractivity contribution in [3.05, 3.63) is 20.8 Å². The Morgan fingerprint density at radius 2 is 2.20 bits per heavy atom. The van der Waals surface area contributed by atoms with E-state index in [9.17, 15) is 0 Å². The van der Waals surface area contributed by atoms with Crippen LogP contribution in [0.4, 0.5) is 0 Å². The Morgan fingerprint density at radius 1 is 1.53 bits per heavy atom. The maximum Gasteiger partial charge on any atom is 0.0780 e. The van der Waals surface area contributed by atoms with E-state index in [1.54, 1.807) is 11.3 Å². The Morgan fingerprint density at radius 3 is 2.67 bits per heavy atom. The van der Waals surface area contributed by atoms with Crippen LogP contribution < -0.4 is 5.73 Å². The average Bonchev–Trinajstić information content (AvgIpc) is 2.51. The zero-order valence-electron chi connectivity index (χ0n) is 9.42. The predicted octanol–water partition coefficient (Wildman–Crippen LogP) is 3.20. The second-order valence-corrected chi connectivity index (χ2v) is 6.60. The average molecular weight is 292 g/mol. The molecule has 0 saturated heterocycles. The van der Waals surface area contributed by atoms with Gasteiger partial charge in [0.05, 0.1) is 9.39 Å². The fraction of sp³-hybridized carbons (Fsp3) is 0.636. The third-order valence-corrected chi connectivity index (χ3v) is 4.11. The van der Waals surface area contributed by atoms with Crippen LogP contribution in [0.2, 0.25) is 0 Å². The smallest absolute Gasteiger partial charge is 0.0780 e. The monoisotopic (exact) mass is 291 g/mol. The highest BCUT2D eigenvalue weighted by molar-refractivity contribution is 9.11. The van der Waals surface area contributed by atoms with Gasteiger partial charge in [0, 0.05) is 17.5 Å². The fourth-order valence-corrected chi connectivity index (χ4v) is 2.94. The Labute approximate surface area is 104 Å². The zero-order chi connectivity index (χ0) is 11.5. The molecular weight excluding hydrogens is 274 g/mol. The van der Waals surface area contributed by atoms with Gasteiger partial charge >= 0.3 is 0 Å². The lowest BCUT2D eigenvalue weighted by Gasteiger charge is -2.31. The van der Waals surface area contributed by atoms with Crippen molar-refractivity contribution in [3.8, 4) is 0 Å². The molecule has 0 aromatic carbocycles. The van der Waals surface area contributed by atoms with E-state index < -0.39 is 0 Å². The molecule has 0 radical (unpaired) electrons. The van der Waals surface area contributed by atoms with Gasteiger partial charge < -0.3 is 10.5 Å². The molecule has 1 rings (SSSR count). The number of ether oxygens (including phenoxy) is 1. The van der Waals surface area contributed by atoms with Gasteiger partial charge in [-0.15, -0.1) is 11.3 Å². The third kappa shape index (κ3) is 3.87. The molecular formula is C11H18BrNOS. The van der Waals surface area contributed by atoms with E-state index in [4.69, 9.17) is 10.5 Å². The van der Waals surface area contributed by atoms with Crippen LogP contribution in [0.15, 0.2) is 15.9 Å². The first kappa shape index (κ1) is 13.2. The molecule has 0 aliphatic carbocycles. The van der Waals surface area contributed by atoms with E-state index in [2.05, 4.69) is 28.1 Å². The molecule has 0 aliphatic rings. The van der Waals surface area contributed by atoms with Crippen molar-refractivity contribution in [2.24, 2.45) is 5.73 Å². The van der Waals surface area contributed by atoms with Gasteiger partial charge in [-0.05, 0) is 55.3 Å². The summed E-state index contributed by atoms with van der Waals surface area (Å²) in [5, 5.41) is 0. The van der Waals surface area contributed by atoms with Crippen LogP contribution in [0.3, 0.4) is 0 Å². The molecule has 2 N–H and O–H groups in total. The summed E-state index contributed by atoms with van der Waals surface area (Å²) in [6.45, 7) is 6.79. The van der Waals surface area contributed by atoms with Crippen LogP contribution in [0.25, 0.3) is 0 Å². The maximum atomic E-state index is 6.15. The summed E-state index contributed by atoms with van der Waals surface area (Å²) in [7, 11) is 0. The summed E-state index contributed by atoms with van der Waals surface area (Å²) in [6.07, 6.45) is 0.864. The largest absolute Gasteiger partial charge is 0.374 e. The Balaban J connectivity index is 2.58. The fourth-order valence-electron chi connectivity index (χ4n) is 1.40. The number of rotatable bonds is 5. The molecule has 4 heteroatoms. The first-order chi connectivity index (χ1) is 6.95. The van der Waals surface area contributed by atoms with Crippen molar-refractivity contribution in [3.63, 3.8) is 0 Å². The van der Waals surface area contributed by atoms with Crippen molar-refractivity contribution in [2.45, 2.75) is 38.8 Å². The summed E-state index contributed by atoms with van der Waals surface area (Å²) in [4.78, 5) is 1.29. The molecule has 0 fully saturated rings. The van der Waals surface area contributed by atoms with Crippen molar-refractivity contribution >= 4 is 27.3 Å². The highest BCUT2D eigenvalue weighted by Gasteiger charge is 2.27. The van der Waals surface area contributed by atoms with Crippen LogP contribution >= 0.6 is 27.3 Å². The van der Waals surface area contributed by atoms with Crippen molar-refractivity contribution < 1.29 is 4.74 Å². The summed E-state index contributed by atoms with van der Waals surface area (Å²) < 4.78 is 6.79. The number of thiophene rings is 1. The lowest BCUT2D eigenvalue weighted by atomic mass is 9.96. The summed E-state index contributed by atoms with van der Waals surface area (Å²) in [5.74, 6) is 0. The summed E-state index contributed by atoms with van der Waals surface area (Å²) in [5.41, 5.74) is 5.89. The van der Waals surface area contributed by atoms with E-state index in [1.165, 1.54) is 4.88 Å². The van der Waals surface area contributed by atoms with E-state index in [0.29, 0.717) is 6.61 Å². The van der Waals surface area contributed by atoms with E-state index in [1.807, 2.05) is 20.8 Å². The zero-order valence-corrected chi connectivity index (χ0v) is 11.8. The lowest BCUT2D eigenvalue weighted by molar-refractivity contribution is -0.0286. The first-order valence-electron chi connectivity index (χ1n) is 5.09. The van der Waals surface area contributed by atoms with Crippen LogP contribution in [-0.2, 0) is 11.2 Å². The van der Waals surface area contributed by atoms with Gasteiger partial charge in [0.15, 0.2) is 0 Å². The molecule has 1 aromatic rings. The second-order valence-electron chi connectivity index (χ2n) is 4.05. The highest BCUT2D eigenvalue weighted by atomic mass is 79.9. The molecule has 1 aromatic heterocycles. The summed E-state index contributed by atoms with van der Waals surface area (Å²) >= 11 is 5.18. The number of hydrogen-bond donors (Lipinski definition) is 1. The van der Waals surface area contributed by atoms with Crippen LogP contribution in [0.5, 0.6) is 0 Å². The minimum absolute atomic E-state index is 0.0306. The third-order valence-electron chi connectivity index (χ3n) is 2.46. The van der Waals surface area contributed by atoms with Crippen molar-refractivity contribution in [1.82, 2.24) is 0 Å². The van der Waals surface area contributed by atoms with Gasteiger partial charge in [-0.25, -0.2) is 0 Å². The van der Waals surface area contributed by atoms with E-state index >= 15 is 0 Å². The first-order valence-corrected chi connectivity index (χ1v) is 6.70. The van der Waals surface area contributed by atoms with Gasteiger partial charge in [0.2, 0.25) is 0 Å². The SMILES string of the molecule is CCOC(C)(C)C(N)Cc1ccc(Br)s1. The normalized spacial score (nSPS) is 14.2. The molecule has 0 spiro atoms. The van der Waals surface area contributed by atoms with Crippen LogP contribution in [-0.4, -0.2) is 18.2 Å². The molecule has 0 aliphatic heterocycles. The number of nitrogens with two attached hydrogens (primary N) is 1. The van der Waals surface area contributed by atoms with Gasteiger partial charge in [0.1, 0.15) is 0 Å². The maximum absolute atomic E-state index is 6.15. The van der Waals surface area contributed by atoms with Crippen molar-refractivity contribution in [1.29, 1.82) is 0 Å². The minimum Gasteiger partial charge on any atom is -0.374 e. The molecule has 0 amide bonds. The predicted molar refractivity (Wildman–Crippen MR) is 69.4 cm³/mol. The summed E-state index contributed by atoms with van der Waals surface area (Å²) in [6, 6.07) is 4.19. The molecule has 86 valence electrons. The van der Waals surface area contributed by atoms with Gasteiger partial charge in [-0.3, -0.25) is 0 Å². The van der Waals surface area contributed by atoms with Gasteiger partial charge in [-0.2, -0.15) is 0 Å².